The van der Waals surface area contributed by atoms with Crippen LogP contribution in [0.25, 0.3) is 0 Å². The Labute approximate surface area is 152 Å². The van der Waals surface area contributed by atoms with Gasteiger partial charge in [-0.3, -0.25) is 4.72 Å². The van der Waals surface area contributed by atoms with Crippen LogP contribution >= 0.6 is 11.6 Å². The third-order valence-corrected chi connectivity index (χ3v) is 4.80. The second-order valence-corrected chi connectivity index (χ2v) is 7.99. The van der Waals surface area contributed by atoms with Crippen molar-refractivity contribution in [2.75, 3.05) is 16.6 Å². The number of amides is 2. The number of rotatable bonds is 6. The van der Waals surface area contributed by atoms with E-state index < -0.39 is 10.0 Å². The third-order valence-electron chi connectivity index (χ3n) is 3.17. The van der Waals surface area contributed by atoms with Crippen molar-refractivity contribution >= 4 is 39.0 Å². The smallest absolute Gasteiger partial charge is 0.319 e. The molecule has 0 bridgehead atoms. The number of urea groups is 1. The lowest BCUT2D eigenvalue weighted by molar-refractivity contribution is 0.251. The number of hydrogen-bond donors (Lipinski definition) is 3. The van der Waals surface area contributed by atoms with Gasteiger partial charge in [-0.15, -0.1) is 0 Å². The van der Waals surface area contributed by atoms with Crippen LogP contribution in [0.5, 0.6) is 0 Å². The van der Waals surface area contributed by atoms with Crippen LogP contribution in [-0.4, -0.2) is 21.0 Å². The van der Waals surface area contributed by atoms with E-state index in [0.717, 1.165) is 0 Å². The Hall–Kier alpha value is -2.25. The van der Waals surface area contributed by atoms with Crippen LogP contribution in [0.1, 0.15) is 13.8 Å². The van der Waals surface area contributed by atoms with Gasteiger partial charge >= 0.3 is 6.03 Å². The Morgan fingerprint density at radius 2 is 1.76 bits per heavy atom. The molecule has 0 radical (unpaired) electrons. The van der Waals surface area contributed by atoms with Crippen molar-refractivity contribution in [2.24, 2.45) is 5.92 Å². The molecule has 3 N–H and O–H groups in total. The summed E-state index contributed by atoms with van der Waals surface area (Å²) in [7, 11) is -3.73. The Kier molecular flexibility index (Phi) is 6.27. The molecule has 25 heavy (non-hydrogen) atoms. The molecule has 0 aliphatic rings. The van der Waals surface area contributed by atoms with Crippen LogP contribution < -0.4 is 15.4 Å². The summed E-state index contributed by atoms with van der Waals surface area (Å²) < 4.78 is 27.2. The summed E-state index contributed by atoms with van der Waals surface area (Å²) in [4.78, 5) is 11.8. The molecule has 8 heteroatoms. The molecule has 6 nitrogen and oxygen atoms in total. The van der Waals surface area contributed by atoms with Crippen LogP contribution in [0.2, 0.25) is 5.02 Å². The van der Waals surface area contributed by atoms with Gasteiger partial charge in [0.2, 0.25) is 0 Å². The van der Waals surface area contributed by atoms with Gasteiger partial charge in [0.25, 0.3) is 10.0 Å². The van der Waals surface area contributed by atoms with Crippen molar-refractivity contribution in [2.45, 2.75) is 18.7 Å². The number of hydrogen-bond acceptors (Lipinski definition) is 3. The standard InChI is InChI=1S/C17H20ClN3O3S/c1-12(2)11-19-17(22)20-14-6-8-16(9-7-14)25(23,24)21-15-5-3-4-13(18)10-15/h3-10,12,21H,11H2,1-2H3,(H2,19,20,22). The van der Waals surface area contributed by atoms with E-state index in [4.69, 9.17) is 11.6 Å². The van der Waals surface area contributed by atoms with E-state index in [1.54, 1.807) is 18.2 Å². The topological polar surface area (TPSA) is 87.3 Å². The van der Waals surface area contributed by atoms with Gasteiger partial charge in [0, 0.05) is 17.3 Å². The van der Waals surface area contributed by atoms with E-state index in [0.29, 0.717) is 28.9 Å². The summed E-state index contributed by atoms with van der Waals surface area (Å²) in [5, 5.41) is 5.81. The van der Waals surface area contributed by atoms with E-state index in [2.05, 4.69) is 15.4 Å². The predicted octanol–water partition coefficient (Wildman–Crippen LogP) is 3.92. The molecule has 2 aromatic carbocycles. The molecule has 2 aromatic rings. The van der Waals surface area contributed by atoms with Crippen molar-refractivity contribution in [3.8, 4) is 0 Å². The molecule has 0 saturated carbocycles. The maximum atomic E-state index is 12.4. The maximum Gasteiger partial charge on any atom is 0.319 e. The molecule has 0 saturated heterocycles. The minimum atomic E-state index is -3.73. The van der Waals surface area contributed by atoms with Crippen LogP contribution in [0.4, 0.5) is 16.2 Å². The van der Waals surface area contributed by atoms with Gasteiger partial charge in [-0.2, -0.15) is 0 Å². The van der Waals surface area contributed by atoms with Gasteiger partial charge in [0.15, 0.2) is 0 Å². The lowest BCUT2D eigenvalue weighted by atomic mass is 10.2. The molecule has 0 atom stereocenters. The third kappa shape index (κ3) is 5.95. The van der Waals surface area contributed by atoms with Crippen molar-refractivity contribution < 1.29 is 13.2 Å². The highest BCUT2D eigenvalue weighted by molar-refractivity contribution is 7.92. The van der Waals surface area contributed by atoms with Crippen LogP contribution in [0.15, 0.2) is 53.4 Å². The zero-order chi connectivity index (χ0) is 18.4. The van der Waals surface area contributed by atoms with E-state index in [1.165, 1.54) is 30.3 Å². The fraction of sp³-hybridized carbons (Fsp3) is 0.235. The second kappa shape index (κ2) is 8.22. The number of anilines is 2. The fourth-order valence-electron chi connectivity index (χ4n) is 1.96. The molecular formula is C17H20ClN3O3S. The molecule has 2 amide bonds. The number of benzene rings is 2. The molecule has 0 aliphatic heterocycles. The Bertz CT molecular complexity index is 836. The first-order valence-electron chi connectivity index (χ1n) is 7.69. The maximum absolute atomic E-state index is 12.4. The molecule has 0 unspecified atom stereocenters. The highest BCUT2D eigenvalue weighted by atomic mass is 35.5. The molecule has 0 heterocycles. The number of sulfonamides is 1. The Morgan fingerprint density at radius 1 is 1.08 bits per heavy atom. The van der Waals surface area contributed by atoms with E-state index in [-0.39, 0.29) is 10.9 Å². The summed E-state index contributed by atoms with van der Waals surface area (Å²) >= 11 is 5.85. The first kappa shape index (κ1) is 19.1. The normalized spacial score (nSPS) is 11.2. The molecule has 0 aliphatic carbocycles. The number of carbonyl (C=O) groups is 1. The lowest BCUT2D eigenvalue weighted by Gasteiger charge is -2.11. The van der Waals surface area contributed by atoms with Crippen LogP contribution in [-0.2, 0) is 10.0 Å². The van der Waals surface area contributed by atoms with Gasteiger partial charge < -0.3 is 10.6 Å². The number of carbonyl (C=O) groups excluding carboxylic acids is 1. The van der Waals surface area contributed by atoms with E-state index in [9.17, 15) is 13.2 Å². The van der Waals surface area contributed by atoms with E-state index in [1.807, 2.05) is 13.8 Å². The summed E-state index contributed by atoms with van der Waals surface area (Å²) in [5.41, 5.74) is 0.880. The molecular weight excluding hydrogens is 362 g/mol. The first-order valence-corrected chi connectivity index (χ1v) is 9.56. The predicted molar refractivity (Wildman–Crippen MR) is 101 cm³/mol. The minimum absolute atomic E-state index is 0.0839. The number of nitrogens with one attached hydrogen (secondary N) is 3. The van der Waals surface area contributed by atoms with Gasteiger partial charge in [-0.25, -0.2) is 13.2 Å². The first-order chi connectivity index (χ1) is 11.8. The van der Waals surface area contributed by atoms with Gasteiger partial charge in [-0.05, 0) is 48.4 Å². The van der Waals surface area contributed by atoms with Gasteiger partial charge in [-0.1, -0.05) is 31.5 Å². The molecule has 134 valence electrons. The summed E-state index contributed by atoms with van der Waals surface area (Å²) in [6.45, 7) is 4.54. The molecule has 0 aromatic heterocycles. The Morgan fingerprint density at radius 3 is 2.36 bits per heavy atom. The number of halogens is 1. The van der Waals surface area contributed by atoms with Crippen molar-refractivity contribution in [1.82, 2.24) is 5.32 Å². The van der Waals surface area contributed by atoms with Crippen molar-refractivity contribution in [3.63, 3.8) is 0 Å². The van der Waals surface area contributed by atoms with Crippen molar-refractivity contribution in [1.29, 1.82) is 0 Å². The minimum Gasteiger partial charge on any atom is -0.338 e. The summed E-state index contributed by atoms with van der Waals surface area (Å²) in [6.07, 6.45) is 0. The molecule has 0 spiro atoms. The highest BCUT2D eigenvalue weighted by Crippen LogP contribution is 2.20. The average molecular weight is 382 g/mol. The van der Waals surface area contributed by atoms with Crippen LogP contribution in [0.3, 0.4) is 0 Å². The summed E-state index contributed by atoms with van der Waals surface area (Å²) in [5.74, 6) is 0.343. The largest absolute Gasteiger partial charge is 0.338 e. The average Bonchev–Trinajstić information content (AvgIpc) is 2.53. The quantitative estimate of drug-likeness (QED) is 0.708. The second-order valence-electron chi connectivity index (χ2n) is 5.87. The molecule has 2 rings (SSSR count). The zero-order valence-corrected chi connectivity index (χ0v) is 15.5. The molecule has 0 fully saturated rings. The summed E-state index contributed by atoms with van der Waals surface area (Å²) in [6, 6.07) is 12.0. The lowest BCUT2D eigenvalue weighted by Crippen LogP contribution is -2.31. The fourth-order valence-corrected chi connectivity index (χ4v) is 3.20. The highest BCUT2D eigenvalue weighted by Gasteiger charge is 2.14. The zero-order valence-electron chi connectivity index (χ0n) is 13.9. The SMILES string of the molecule is CC(C)CNC(=O)Nc1ccc(S(=O)(=O)Nc2cccc(Cl)c2)cc1. The van der Waals surface area contributed by atoms with Gasteiger partial charge in [0.1, 0.15) is 0 Å². The van der Waals surface area contributed by atoms with Crippen molar-refractivity contribution in [3.05, 3.63) is 53.6 Å². The van der Waals surface area contributed by atoms with Gasteiger partial charge in [0.05, 0.1) is 10.6 Å². The monoisotopic (exact) mass is 381 g/mol. The van der Waals surface area contributed by atoms with E-state index >= 15 is 0 Å². The Balaban J connectivity index is 2.04. The van der Waals surface area contributed by atoms with Crippen LogP contribution in [0, 0.1) is 5.92 Å².